The summed E-state index contributed by atoms with van der Waals surface area (Å²) in [4.78, 5) is 2.27. The summed E-state index contributed by atoms with van der Waals surface area (Å²) >= 11 is 0. The lowest BCUT2D eigenvalue weighted by molar-refractivity contribution is 0.319. The van der Waals surface area contributed by atoms with Crippen molar-refractivity contribution in [2.75, 3.05) is 14.1 Å². The van der Waals surface area contributed by atoms with E-state index in [-0.39, 0.29) is 12.4 Å². The van der Waals surface area contributed by atoms with Crippen molar-refractivity contribution in [3.8, 4) is 0 Å². The average molecular weight is 318 g/mol. The Kier molecular flexibility index (Phi) is 20.0. The average Bonchev–Trinajstić information content (AvgIpc) is 2.43. The van der Waals surface area contributed by atoms with Crippen LogP contribution in [0.15, 0.2) is 12.7 Å². The van der Waals surface area contributed by atoms with Gasteiger partial charge in [-0.25, -0.2) is 0 Å². The minimum atomic E-state index is 0. The number of hydrogen-bond acceptors (Lipinski definition) is 1. The van der Waals surface area contributed by atoms with Crippen molar-refractivity contribution >= 4 is 12.4 Å². The second-order valence-corrected chi connectivity index (χ2v) is 6.44. The third kappa shape index (κ3) is 16.2. The van der Waals surface area contributed by atoms with Crippen LogP contribution in [0.3, 0.4) is 0 Å². The summed E-state index contributed by atoms with van der Waals surface area (Å²) in [5.74, 6) is 0. The lowest BCUT2D eigenvalue weighted by Gasteiger charge is -2.20. The molecule has 2 heteroatoms. The highest BCUT2D eigenvalue weighted by molar-refractivity contribution is 5.85. The fourth-order valence-electron chi connectivity index (χ4n) is 2.78. The van der Waals surface area contributed by atoms with Gasteiger partial charge in [0.15, 0.2) is 0 Å². The predicted octanol–water partition coefficient (Wildman–Crippen LogP) is 6.62. The van der Waals surface area contributed by atoms with Crippen LogP contribution in [0.5, 0.6) is 0 Å². The SMILES string of the molecule is C=CC(CCCCCCCCCCCCCC)N(C)C.Cl. The Hall–Kier alpha value is -0.0100. The molecule has 21 heavy (non-hydrogen) atoms. The maximum Gasteiger partial charge on any atom is 0.0269 e. The van der Waals surface area contributed by atoms with E-state index < -0.39 is 0 Å². The Morgan fingerprint density at radius 1 is 0.762 bits per heavy atom. The quantitative estimate of drug-likeness (QED) is 0.242. The van der Waals surface area contributed by atoms with E-state index in [1.54, 1.807) is 0 Å². The molecule has 1 atom stereocenters. The van der Waals surface area contributed by atoms with Crippen LogP contribution < -0.4 is 0 Å². The zero-order valence-electron chi connectivity index (χ0n) is 14.9. The second kappa shape index (κ2) is 18.0. The van der Waals surface area contributed by atoms with Gasteiger partial charge in [0.1, 0.15) is 0 Å². The first kappa shape index (κ1) is 23.3. The summed E-state index contributed by atoms with van der Waals surface area (Å²) in [5.41, 5.74) is 0. The molecule has 0 fully saturated rings. The second-order valence-electron chi connectivity index (χ2n) is 6.44. The van der Waals surface area contributed by atoms with E-state index >= 15 is 0 Å². The lowest BCUT2D eigenvalue weighted by Crippen LogP contribution is -2.25. The summed E-state index contributed by atoms with van der Waals surface area (Å²) in [6.45, 7) is 6.20. The van der Waals surface area contributed by atoms with Crippen molar-refractivity contribution in [3.05, 3.63) is 12.7 Å². The zero-order valence-corrected chi connectivity index (χ0v) is 15.7. The summed E-state index contributed by atoms with van der Waals surface area (Å²) in [6.07, 6.45) is 20.5. The lowest BCUT2D eigenvalue weighted by atomic mass is 10.0. The largest absolute Gasteiger partial charge is 0.303 e. The molecule has 0 N–H and O–H groups in total. The van der Waals surface area contributed by atoms with E-state index in [1.807, 2.05) is 0 Å². The van der Waals surface area contributed by atoms with Crippen LogP contribution in [0.1, 0.15) is 90.4 Å². The smallest absolute Gasteiger partial charge is 0.0269 e. The molecule has 1 nitrogen and oxygen atoms in total. The molecule has 0 bridgehead atoms. The van der Waals surface area contributed by atoms with Gasteiger partial charge in [-0.2, -0.15) is 0 Å². The van der Waals surface area contributed by atoms with Gasteiger partial charge in [0.05, 0.1) is 0 Å². The Bertz CT molecular complexity index is 204. The molecule has 0 spiro atoms. The molecule has 0 aliphatic rings. The molecule has 0 aromatic rings. The minimum absolute atomic E-state index is 0. The number of nitrogens with zero attached hydrogens (tertiary/aromatic N) is 1. The molecular weight excluding hydrogens is 278 g/mol. The summed E-state index contributed by atoms with van der Waals surface area (Å²) in [6, 6.07) is 0.568. The number of unbranched alkanes of at least 4 members (excludes halogenated alkanes) is 11. The summed E-state index contributed by atoms with van der Waals surface area (Å²) in [7, 11) is 4.29. The Labute approximate surface area is 141 Å². The molecule has 0 amide bonds. The van der Waals surface area contributed by atoms with E-state index in [4.69, 9.17) is 0 Å². The molecule has 0 aromatic carbocycles. The van der Waals surface area contributed by atoms with E-state index in [9.17, 15) is 0 Å². The van der Waals surface area contributed by atoms with Gasteiger partial charge in [0.25, 0.3) is 0 Å². The number of likely N-dealkylation sites (N-methyl/N-ethyl adjacent to an activating group) is 1. The highest BCUT2D eigenvalue weighted by Gasteiger charge is 2.05. The highest BCUT2D eigenvalue weighted by Crippen LogP contribution is 2.14. The van der Waals surface area contributed by atoms with Gasteiger partial charge in [0.2, 0.25) is 0 Å². The zero-order chi connectivity index (χ0) is 15.1. The Morgan fingerprint density at radius 3 is 1.48 bits per heavy atom. The van der Waals surface area contributed by atoms with Gasteiger partial charge in [-0.1, -0.05) is 90.0 Å². The van der Waals surface area contributed by atoms with Crippen molar-refractivity contribution in [2.45, 2.75) is 96.4 Å². The molecule has 0 saturated heterocycles. The minimum Gasteiger partial charge on any atom is -0.303 e. The fourth-order valence-corrected chi connectivity index (χ4v) is 2.78. The van der Waals surface area contributed by atoms with Gasteiger partial charge in [0, 0.05) is 6.04 Å². The molecule has 0 aliphatic heterocycles. The molecule has 0 aromatic heterocycles. The normalized spacial score (nSPS) is 12.2. The topological polar surface area (TPSA) is 3.24 Å². The standard InChI is InChI=1S/C19H39N.ClH/c1-5-7-8-9-10-11-12-13-14-15-16-17-18-19(6-2)20(3)4;/h6,19H,2,5,7-18H2,1,3-4H3;1H. The number of rotatable bonds is 15. The molecule has 0 saturated carbocycles. The van der Waals surface area contributed by atoms with E-state index in [1.165, 1.54) is 83.5 Å². The predicted molar refractivity (Wildman–Crippen MR) is 101 cm³/mol. The van der Waals surface area contributed by atoms with Crippen LogP contribution in [-0.2, 0) is 0 Å². The fraction of sp³-hybridized carbons (Fsp3) is 0.895. The van der Waals surface area contributed by atoms with Crippen LogP contribution >= 0.6 is 12.4 Å². The maximum atomic E-state index is 3.92. The monoisotopic (exact) mass is 317 g/mol. The Balaban J connectivity index is 0. The molecule has 0 rings (SSSR count). The van der Waals surface area contributed by atoms with Gasteiger partial charge in [-0.3, -0.25) is 0 Å². The first-order valence-electron chi connectivity index (χ1n) is 9.01. The maximum absolute atomic E-state index is 3.92. The van der Waals surface area contributed by atoms with Gasteiger partial charge in [-0.05, 0) is 20.5 Å². The Morgan fingerprint density at radius 2 is 1.14 bits per heavy atom. The summed E-state index contributed by atoms with van der Waals surface area (Å²) in [5, 5.41) is 0. The third-order valence-corrected chi connectivity index (χ3v) is 4.29. The molecule has 1 unspecified atom stereocenters. The highest BCUT2D eigenvalue weighted by atomic mass is 35.5. The number of hydrogen-bond donors (Lipinski definition) is 0. The van der Waals surface area contributed by atoms with Crippen LogP contribution in [0.2, 0.25) is 0 Å². The first-order chi connectivity index (χ1) is 9.72. The van der Waals surface area contributed by atoms with Crippen molar-refractivity contribution < 1.29 is 0 Å². The van der Waals surface area contributed by atoms with Crippen molar-refractivity contribution in [3.63, 3.8) is 0 Å². The van der Waals surface area contributed by atoms with Gasteiger partial charge < -0.3 is 4.90 Å². The van der Waals surface area contributed by atoms with E-state index in [0.717, 1.165) is 0 Å². The van der Waals surface area contributed by atoms with Crippen molar-refractivity contribution in [2.24, 2.45) is 0 Å². The van der Waals surface area contributed by atoms with Crippen molar-refractivity contribution in [1.82, 2.24) is 4.90 Å². The molecule has 0 heterocycles. The van der Waals surface area contributed by atoms with E-state index in [0.29, 0.717) is 6.04 Å². The van der Waals surface area contributed by atoms with Crippen LogP contribution in [0.4, 0.5) is 0 Å². The number of halogens is 1. The van der Waals surface area contributed by atoms with Crippen LogP contribution in [0.25, 0.3) is 0 Å². The summed E-state index contributed by atoms with van der Waals surface area (Å²) < 4.78 is 0. The molecular formula is C19H40ClN. The van der Waals surface area contributed by atoms with Gasteiger partial charge in [-0.15, -0.1) is 19.0 Å². The molecule has 0 radical (unpaired) electrons. The first-order valence-corrected chi connectivity index (χ1v) is 9.01. The van der Waals surface area contributed by atoms with E-state index in [2.05, 4.69) is 38.6 Å². The third-order valence-electron chi connectivity index (χ3n) is 4.29. The van der Waals surface area contributed by atoms with Gasteiger partial charge >= 0.3 is 0 Å². The molecule has 0 aliphatic carbocycles. The van der Waals surface area contributed by atoms with Crippen LogP contribution in [0, 0.1) is 0 Å². The van der Waals surface area contributed by atoms with Crippen LogP contribution in [-0.4, -0.2) is 25.0 Å². The molecule has 128 valence electrons. The van der Waals surface area contributed by atoms with Crippen molar-refractivity contribution in [1.29, 1.82) is 0 Å².